The molecule has 1 unspecified atom stereocenters. The highest BCUT2D eigenvalue weighted by Gasteiger charge is 2.27. The topological polar surface area (TPSA) is 51.2 Å². The van der Waals surface area contributed by atoms with Crippen LogP contribution in [0, 0.1) is 6.92 Å². The highest BCUT2D eigenvalue weighted by Crippen LogP contribution is 2.39. The number of allylic oxidation sites excluding steroid dienone is 1. The quantitative estimate of drug-likeness (QED) is 0.930. The lowest BCUT2D eigenvalue weighted by Crippen LogP contribution is -2.35. The maximum atomic E-state index is 12.2. The van der Waals surface area contributed by atoms with Gasteiger partial charge in [0.15, 0.2) is 0 Å². The normalized spacial score (nSPS) is 18.4. The van der Waals surface area contributed by atoms with Gasteiger partial charge < -0.3 is 10.1 Å². The second-order valence-electron chi connectivity index (χ2n) is 6.79. The van der Waals surface area contributed by atoms with Gasteiger partial charge in [-0.1, -0.05) is 18.2 Å². The predicted octanol–water partition coefficient (Wildman–Crippen LogP) is 3.59. The number of aromatic nitrogens is 1. The van der Waals surface area contributed by atoms with Gasteiger partial charge in [-0.05, 0) is 55.5 Å². The van der Waals surface area contributed by atoms with Crippen LogP contribution < -0.4 is 10.1 Å². The standard InChI is InChI=1S/C21H22N2O2/c1-14-10-16-12-17(13-23-21(24)15-6-2-3-7-15)25-20(16)18(11-14)19-8-4-5-9-22-19/h4-6,8-11,17H,2-3,7,12-13H2,1H3,(H,23,24). The Bertz CT molecular complexity index is 827. The van der Waals surface area contributed by atoms with Gasteiger partial charge in [0.05, 0.1) is 12.2 Å². The molecule has 1 N–H and O–H groups in total. The molecular weight excluding hydrogens is 312 g/mol. The first kappa shape index (κ1) is 15.9. The van der Waals surface area contributed by atoms with E-state index in [1.54, 1.807) is 6.20 Å². The number of pyridine rings is 1. The molecule has 0 saturated heterocycles. The summed E-state index contributed by atoms with van der Waals surface area (Å²) in [5.41, 5.74) is 5.26. The van der Waals surface area contributed by atoms with Crippen LogP contribution >= 0.6 is 0 Å². The van der Waals surface area contributed by atoms with Crippen LogP contribution in [0.4, 0.5) is 0 Å². The van der Waals surface area contributed by atoms with Crippen molar-refractivity contribution in [3.05, 3.63) is 59.3 Å². The number of nitrogens with zero attached hydrogens (tertiary/aromatic N) is 1. The number of nitrogens with one attached hydrogen (secondary N) is 1. The first-order valence-corrected chi connectivity index (χ1v) is 8.89. The van der Waals surface area contributed by atoms with Gasteiger partial charge in [0.2, 0.25) is 5.91 Å². The van der Waals surface area contributed by atoms with Crippen LogP contribution in [0.3, 0.4) is 0 Å². The van der Waals surface area contributed by atoms with Crippen molar-refractivity contribution in [3.8, 4) is 17.0 Å². The van der Waals surface area contributed by atoms with Gasteiger partial charge in [0.25, 0.3) is 0 Å². The summed E-state index contributed by atoms with van der Waals surface area (Å²) >= 11 is 0. The summed E-state index contributed by atoms with van der Waals surface area (Å²) < 4.78 is 6.19. The lowest BCUT2D eigenvalue weighted by Gasteiger charge is -2.14. The van der Waals surface area contributed by atoms with Crippen molar-refractivity contribution in [1.82, 2.24) is 10.3 Å². The van der Waals surface area contributed by atoms with Gasteiger partial charge in [0, 0.05) is 23.8 Å². The number of hydrogen-bond acceptors (Lipinski definition) is 3. The Balaban J connectivity index is 1.49. The number of amides is 1. The number of carbonyl (C=O) groups is 1. The number of ether oxygens (including phenoxy) is 1. The Morgan fingerprint density at radius 2 is 2.28 bits per heavy atom. The summed E-state index contributed by atoms with van der Waals surface area (Å²) in [6.07, 6.45) is 7.62. The lowest BCUT2D eigenvalue weighted by atomic mass is 10.0. The minimum Gasteiger partial charge on any atom is -0.487 e. The fraction of sp³-hybridized carbons (Fsp3) is 0.333. The average molecular weight is 334 g/mol. The van der Waals surface area contributed by atoms with E-state index in [0.717, 1.165) is 48.3 Å². The second kappa shape index (κ2) is 6.71. The zero-order valence-electron chi connectivity index (χ0n) is 14.4. The van der Waals surface area contributed by atoms with Crippen molar-refractivity contribution in [3.63, 3.8) is 0 Å². The smallest absolute Gasteiger partial charge is 0.247 e. The van der Waals surface area contributed by atoms with Crippen molar-refractivity contribution in [1.29, 1.82) is 0 Å². The highest BCUT2D eigenvalue weighted by molar-refractivity contribution is 5.93. The number of aryl methyl sites for hydroxylation is 1. The molecule has 4 rings (SSSR count). The zero-order valence-corrected chi connectivity index (χ0v) is 14.4. The number of benzene rings is 1. The van der Waals surface area contributed by atoms with Crippen molar-refractivity contribution < 1.29 is 9.53 Å². The van der Waals surface area contributed by atoms with E-state index in [2.05, 4.69) is 29.4 Å². The molecule has 1 aliphatic carbocycles. The molecule has 1 amide bonds. The van der Waals surface area contributed by atoms with Gasteiger partial charge >= 0.3 is 0 Å². The fourth-order valence-electron chi connectivity index (χ4n) is 3.62. The first-order chi connectivity index (χ1) is 12.2. The number of fused-ring (bicyclic) bond motifs is 1. The Hall–Kier alpha value is -2.62. The SMILES string of the molecule is Cc1cc2c(c(-c3ccccn3)c1)OC(CNC(=O)C1=CCCC1)C2. The molecule has 0 fully saturated rings. The predicted molar refractivity (Wildman–Crippen MR) is 97.5 cm³/mol. The van der Waals surface area contributed by atoms with Gasteiger partial charge in [-0.2, -0.15) is 0 Å². The summed E-state index contributed by atoms with van der Waals surface area (Å²) in [6.45, 7) is 2.62. The minimum absolute atomic E-state index is 0.0229. The van der Waals surface area contributed by atoms with Crippen molar-refractivity contribution >= 4 is 5.91 Å². The third kappa shape index (κ3) is 3.29. The molecule has 25 heavy (non-hydrogen) atoms. The van der Waals surface area contributed by atoms with Crippen molar-refractivity contribution in [2.75, 3.05) is 6.54 Å². The second-order valence-corrected chi connectivity index (χ2v) is 6.79. The molecule has 2 aliphatic rings. The molecule has 4 heteroatoms. The summed E-state index contributed by atoms with van der Waals surface area (Å²) in [5, 5.41) is 3.03. The Labute approximate surface area is 147 Å². The molecular formula is C21H22N2O2. The van der Waals surface area contributed by atoms with Crippen LogP contribution in [0.25, 0.3) is 11.3 Å². The molecule has 0 spiro atoms. The third-order valence-electron chi connectivity index (χ3n) is 4.81. The number of rotatable bonds is 4. The van der Waals surface area contributed by atoms with E-state index in [9.17, 15) is 4.79 Å². The maximum absolute atomic E-state index is 12.2. The summed E-state index contributed by atoms with van der Waals surface area (Å²) in [5.74, 6) is 0.960. The molecule has 2 aromatic rings. The van der Waals surface area contributed by atoms with Crippen molar-refractivity contribution in [2.45, 2.75) is 38.7 Å². The molecule has 0 saturated carbocycles. The first-order valence-electron chi connectivity index (χ1n) is 8.89. The molecule has 0 bridgehead atoms. The van der Waals surface area contributed by atoms with E-state index in [0.29, 0.717) is 6.54 Å². The fourth-order valence-corrected chi connectivity index (χ4v) is 3.62. The number of hydrogen-bond donors (Lipinski definition) is 1. The van der Waals surface area contributed by atoms with Gasteiger partial charge in [0.1, 0.15) is 11.9 Å². The Morgan fingerprint density at radius 1 is 1.36 bits per heavy atom. The molecule has 1 aromatic carbocycles. The third-order valence-corrected chi connectivity index (χ3v) is 4.81. The minimum atomic E-state index is -0.0229. The summed E-state index contributed by atoms with van der Waals surface area (Å²) in [7, 11) is 0. The van der Waals surface area contributed by atoms with Crippen molar-refractivity contribution in [2.24, 2.45) is 0 Å². The van der Waals surface area contributed by atoms with Crippen LogP contribution in [-0.4, -0.2) is 23.5 Å². The van der Waals surface area contributed by atoms with E-state index in [1.807, 2.05) is 24.3 Å². The molecule has 1 atom stereocenters. The van der Waals surface area contributed by atoms with Crippen LogP contribution in [-0.2, 0) is 11.2 Å². The van der Waals surface area contributed by atoms with Crippen LogP contribution in [0.2, 0.25) is 0 Å². The summed E-state index contributed by atoms with van der Waals surface area (Å²) in [4.78, 5) is 16.6. The van der Waals surface area contributed by atoms with Gasteiger partial charge in [-0.3, -0.25) is 9.78 Å². The average Bonchev–Trinajstić information content (AvgIpc) is 3.29. The Morgan fingerprint density at radius 3 is 3.04 bits per heavy atom. The van der Waals surface area contributed by atoms with Crippen LogP contribution in [0.15, 0.2) is 48.2 Å². The van der Waals surface area contributed by atoms with Crippen LogP contribution in [0.1, 0.15) is 30.4 Å². The monoisotopic (exact) mass is 334 g/mol. The summed E-state index contributed by atoms with van der Waals surface area (Å²) in [6, 6.07) is 10.2. The van der Waals surface area contributed by atoms with E-state index >= 15 is 0 Å². The molecule has 128 valence electrons. The molecule has 4 nitrogen and oxygen atoms in total. The molecule has 1 aromatic heterocycles. The highest BCUT2D eigenvalue weighted by atomic mass is 16.5. The van der Waals surface area contributed by atoms with E-state index in [-0.39, 0.29) is 12.0 Å². The van der Waals surface area contributed by atoms with Gasteiger partial charge in [-0.25, -0.2) is 0 Å². The van der Waals surface area contributed by atoms with Crippen LogP contribution in [0.5, 0.6) is 5.75 Å². The maximum Gasteiger partial charge on any atom is 0.247 e. The molecule has 1 aliphatic heterocycles. The van der Waals surface area contributed by atoms with E-state index in [1.165, 1.54) is 11.1 Å². The van der Waals surface area contributed by atoms with E-state index < -0.39 is 0 Å². The Kier molecular flexibility index (Phi) is 4.26. The lowest BCUT2D eigenvalue weighted by molar-refractivity contribution is -0.117. The molecule has 2 heterocycles. The van der Waals surface area contributed by atoms with Gasteiger partial charge in [-0.15, -0.1) is 0 Å². The molecule has 0 radical (unpaired) electrons. The zero-order chi connectivity index (χ0) is 17.2. The largest absolute Gasteiger partial charge is 0.487 e. The van der Waals surface area contributed by atoms with E-state index in [4.69, 9.17) is 4.74 Å². The number of carbonyl (C=O) groups excluding carboxylic acids is 1.